The highest BCUT2D eigenvalue weighted by Gasteiger charge is 2.31. The summed E-state index contributed by atoms with van der Waals surface area (Å²) < 4.78 is 26.8. The minimum absolute atomic E-state index is 0.227. The van der Waals surface area contributed by atoms with Gasteiger partial charge in [-0.05, 0) is 85.5 Å². The fraction of sp³-hybridized carbons (Fsp3) is 0.677. The van der Waals surface area contributed by atoms with Crippen LogP contribution < -0.4 is 0 Å². The molecule has 6 nitrogen and oxygen atoms in total. The van der Waals surface area contributed by atoms with Crippen molar-refractivity contribution in [1.29, 1.82) is 0 Å². The maximum absolute atomic E-state index is 13.4. The van der Waals surface area contributed by atoms with Crippen LogP contribution in [0.1, 0.15) is 113 Å². The zero-order valence-electron chi connectivity index (χ0n) is 25.0. The van der Waals surface area contributed by atoms with Crippen LogP contribution in [0.2, 0.25) is 0 Å². The van der Waals surface area contributed by atoms with Crippen molar-refractivity contribution in [3.05, 3.63) is 43.9 Å². The normalized spacial score (nSPS) is 22.9. The first kappa shape index (κ1) is 33.4. The quantitative estimate of drug-likeness (QED) is 0.217. The minimum Gasteiger partial charge on any atom is -0.481 e. The number of carbonyl (C=O) groups is 2. The van der Waals surface area contributed by atoms with E-state index in [9.17, 15) is 28.2 Å². The van der Waals surface area contributed by atoms with Crippen molar-refractivity contribution in [2.24, 2.45) is 21.7 Å². The van der Waals surface area contributed by atoms with E-state index in [2.05, 4.69) is 52.0 Å². The van der Waals surface area contributed by atoms with Gasteiger partial charge in [-0.3, -0.25) is 9.59 Å². The molecule has 39 heavy (non-hydrogen) atoms. The van der Waals surface area contributed by atoms with Crippen LogP contribution in [0.15, 0.2) is 43.9 Å². The van der Waals surface area contributed by atoms with Crippen molar-refractivity contribution in [2.45, 2.75) is 113 Å². The van der Waals surface area contributed by atoms with Gasteiger partial charge in [0.2, 0.25) is 0 Å². The molecule has 2 aliphatic rings. The smallest absolute Gasteiger partial charge is 0.309 e. The summed E-state index contributed by atoms with van der Waals surface area (Å²) in [5.74, 6) is -1.64. The van der Waals surface area contributed by atoms with E-state index in [1.807, 2.05) is 0 Å². The maximum atomic E-state index is 13.4. The van der Waals surface area contributed by atoms with Crippen molar-refractivity contribution in [3.8, 4) is 0 Å². The first-order valence-electron chi connectivity index (χ1n) is 13.9. The Bertz CT molecular complexity index is 1040. The number of carboxylic acid groups (broad SMARTS) is 2. The summed E-state index contributed by atoms with van der Waals surface area (Å²) in [5.41, 5.74) is -2.06. The van der Waals surface area contributed by atoms with Crippen LogP contribution in [0.4, 0.5) is 0 Å². The lowest BCUT2D eigenvalue weighted by atomic mass is 9.86. The monoisotopic (exact) mass is 580 g/mol. The summed E-state index contributed by atoms with van der Waals surface area (Å²) in [6, 6.07) is 0. The van der Waals surface area contributed by atoms with E-state index < -0.39 is 44.4 Å². The molecule has 2 aliphatic heterocycles. The molecule has 2 N–H and O–H groups in total. The summed E-state index contributed by atoms with van der Waals surface area (Å²) in [6.45, 7) is 15.3. The Balaban J connectivity index is 2.00. The van der Waals surface area contributed by atoms with Gasteiger partial charge in [0.15, 0.2) is 0 Å². The largest absolute Gasteiger partial charge is 0.481 e. The van der Waals surface area contributed by atoms with Crippen molar-refractivity contribution < 1.29 is 28.2 Å². The Kier molecular flexibility index (Phi) is 11.0. The molecule has 0 aromatic rings. The first-order chi connectivity index (χ1) is 17.8. The molecule has 8 heteroatoms. The highest BCUT2D eigenvalue weighted by molar-refractivity contribution is 7.93. The number of rotatable bonds is 14. The van der Waals surface area contributed by atoms with E-state index in [4.69, 9.17) is 0 Å². The molecule has 0 bridgehead atoms. The average molecular weight is 581 g/mol. The van der Waals surface area contributed by atoms with Gasteiger partial charge in [-0.25, -0.2) is 8.42 Å². The van der Waals surface area contributed by atoms with Crippen LogP contribution in [0.25, 0.3) is 0 Å². The summed E-state index contributed by atoms with van der Waals surface area (Å²) >= 11 is 0. The van der Waals surface area contributed by atoms with Gasteiger partial charge in [-0.15, -0.1) is 0 Å². The SMILES string of the molecule is CC1(C)C=C(CCCC2=CC(C)(C)C=C(CCCC(C)(C)C(=O)O)S2=O)S(=O)C(CCCC(C)(C)C(=O)O)=C1. The summed E-state index contributed by atoms with van der Waals surface area (Å²) in [6.07, 6.45) is 13.9. The molecule has 2 atom stereocenters. The van der Waals surface area contributed by atoms with E-state index >= 15 is 0 Å². The van der Waals surface area contributed by atoms with Crippen LogP contribution in [-0.2, 0) is 31.2 Å². The molecular weight excluding hydrogens is 532 g/mol. The van der Waals surface area contributed by atoms with Gasteiger partial charge in [0.25, 0.3) is 0 Å². The van der Waals surface area contributed by atoms with Crippen LogP contribution >= 0.6 is 0 Å². The molecule has 2 heterocycles. The van der Waals surface area contributed by atoms with Gasteiger partial charge in [0, 0.05) is 30.5 Å². The highest BCUT2D eigenvalue weighted by Crippen LogP contribution is 2.39. The average Bonchev–Trinajstić information content (AvgIpc) is 2.78. The summed E-state index contributed by atoms with van der Waals surface area (Å²) in [5, 5.41) is 18.8. The van der Waals surface area contributed by atoms with Crippen LogP contribution in [-0.4, -0.2) is 30.6 Å². The molecule has 0 aliphatic carbocycles. The third-order valence-electron chi connectivity index (χ3n) is 7.54. The van der Waals surface area contributed by atoms with Crippen molar-refractivity contribution >= 4 is 33.5 Å². The van der Waals surface area contributed by atoms with Gasteiger partial charge < -0.3 is 10.2 Å². The third-order valence-corrected chi connectivity index (χ3v) is 10.7. The lowest BCUT2D eigenvalue weighted by molar-refractivity contribution is -0.148. The number of hydrogen-bond acceptors (Lipinski definition) is 4. The van der Waals surface area contributed by atoms with E-state index in [0.717, 1.165) is 26.0 Å². The topological polar surface area (TPSA) is 109 Å². The molecular formula is C31H48O6S2. The second-order valence-corrected chi connectivity index (χ2v) is 16.7. The first-order valence-corrected chi connectivity index (χ1v) is 16.2. The van der Waals surface area contributed by atoms with E-state index in [1.54, 1.807) is 27.7 Å². The lowest BCUT2D eigenvalue weighted by Crippen LogP contribution is -2.23. The molecule has 0 aromatic carbocycles. The Morgan fingerprint density at radius 2 is 0.872 bits per heavy atom. The van der Waals surface area contributed by atoms with Gasteiger partial charge in [0.05, 0.1) is 32.4 Å². The van der Waals surface area contributed by atoms with Gasteiger partial charge in [-0.2, -0.15) is 0 Å². The number of carboxylic acids is 2. The van der Waals surface area contributed by atoms with E-state index in [-0.39, 0.29) is 10.8 Å². The van der Waals surface area contributed by atoms with E-state index in [0.29, 0.717) is 51.4 Å². The molecule has 0 saturated carbocycles. The Morgan fingerprint density at radius 1 is 0.615 bits per heavy atom. The predicted octanol–water partition coefficient (Wildman–Crippen LogP) is 7.83. The number of allylic oxidation sites excluding steroid dienone is 8. The van der Waals surface area contributed by atoms with E-state index in [1.165, 1.54) is 0 Å². The van der Waals surface area contributed by atoms with Crippen LogP contribution in [0, 0.1) is 21.7 Å². The molecule has 0 spiro atoms. The third kappa shape index (κ3) is 9.66. The zero-order valence-corrected chi connectivity index (χ0v) is 26.7. The fourth-order valence-electron chi connectivity index (χ4n) is 5.01. The molecule has 220 valence electrons. The van der Waals surface area contributed by atoms with Crippen LogP contribution in [0.3, 0.4) is 0 Å². The van der Waals surface area contributed by atoms with Gasteiger partial charge >= 0.3 is 11.9 Å². The molecule has 0 aromatic heterocycles. The van der Waals surface area contributed by atoms with Crippen molar-refractivity contribution in [3.63, 3.8) is 0 Å². The predicted molar refractivity (Wildman–Crippen MR) is 161 cm³/mol. The molecule has 2 unspecified atom stereocenters. The zero-order chi connectivity index (χ0) is 29.8. The summed E-state index contributed by atoms with van der Waals surface area (Å²) in [4.78, 5) is 26.4. The minimum atomic E-state index is -1.24. The molecule has 0 saturated heterocycles. The highest BCUT2D eigenvalue weighted by atomic mass is 32.2. The van der Waals surface area contributed by atoms with Crippen LogP contribution in [0.5, 0.6) is 0 Å². The standard InChI is InChI=1S/C31H48O6S2/c1-28(2)18-22(38(36)24(20-28)14-10-16-30(5,6)26(32)33)12-9-13-23-19-29(3,4)21-25(39(23)37)15-11-17-31(7,8)27(34)35/h18-21H,9-17H2,1-8H3,(H,32,33)(H,34,35). The molecule has 2 rings (SSSR count). The summed E-state index contributed by atoms with van der Waals surface area (Å²) in [7, 11) is -2.47. The fourth-order valence-corrected chi connectivity index (χ4v) is 8.65. The number of aliphatic carboxylic acids is 2. The Labute approximate surface area is 240 Å². The molecule has 0 radical (unpaired) electrons. The Morgan fingerprint density at radius 3 is 1.13 bits per heavy atom. The van der Waals surface area contributed by atoms with Gasteiger partial charge in [-0.1, -0.05) is 52.0 Å². The maximum Gasteiger partial charge on any atom is 0.309 e. The number of hydrogen-bond donors (Lipinski definition) is 2. The Hall–Kier alpha value is -1.80. The second-order valence-electron chi connectivity index (χ2n) is 13.6. The second kappa shape index (κ2) is 12.8. The van der Waals surface area contributed by atoms with Crippen molar-refractivity contribution in [1.82, 2.24) is 0 Å². The lowest BCUT2D eigenvalue weighted by Gasteiger charge is -2.28. The molecule has 0 amide bonds. The molecule has 0 fully saturated rings. The van der Waals surface area contributed by atoms with Gasteiger partial charge in [0.1, 0.15) is 0 Å². The van der Waals surface area contributed by atoms with Crippen molar-refractivity contribution in [2.75, 3.05) is 0 Å².